The highest BCUT2D eigenvalue weighted by Crippen LogP contribution is 2.29. The Hall–Kier alpha value is -3.48. The van der Waals surface area contributed by atoms with E-state index in [-0.39, 0.29) is 0 Å². The molecular formula is C21H19N5O2. The SMILES string of the molecule is CC1CCOc2cccc3cnc(nc23)Nc2ccc3ncnc(c3c2)OC1. The summed E-state index contributed by atoms with van der Waals surface area (Å²) in [4.78, 5) is 17.8. The second-order valence-electron chi connectivity index (χ2n) is 6.98. The zero-order valence-electron chi connectivity index (χ0n) is 15.4. The monoisotopic (exact) mass is 373 g/mol. The lowest BCUT2D eigenvalue weighted by molar-refractivity contribution is 0.215. The van der Waals surface area contributed by atoms with Gasteiger partial charge in [-0.1, -0.05) is 19.1 Å². The number of hydrogen-bond donors (Lipinski definition) is 1. The first kappa shape index (κ1) is 16.7. The van der Waals surface area contributed by atoms with Crippen molar-refractivity contribution in [1.82, 2.24) is 19.9 Å². The summed E-state index contributed by atoms with van der Waals surface area (Å²) in [5, 5.41) is 5.06. The number of aromatic nitrogens is 4. The van der Waals surface area contributed by atoms with E-state index in [1.165, 1.54) is 6.33 Å². The van der Waals surface area contributed by atoms with Crippen LogP contribution in [0.5, 0.6) is 11.6 Å². The number of rotatable bonds is 0. The number of benzene rings is 2. The summed E-state index contributed by atoms with van der Waals surface area (Å²) in [5.41, 5.74) is 2.47. The first-order chi connectivity index (χ1) is 13.8. The van der Waals surface area contributed by atoms with Crippen LogP contribution >= 0.6 is 0 Å². The van der Waals surface area contributed by atoms with Crippen LogP contribution in [0.2, 0.25) is 0 Å². The van der Waals surface area contributed by atoms with Gasteiger partial charge in [-0.2, -0.15) is 0 Å². The van der Waals surface area contributed by atoms with Crippen LogP contribution in [-0.4, -0.2) is 33.1 Å². The Morgan fingerprint density at radius 1 is 1.07 bits per heavy atom. The number of hydrogen-bond acceptors (Lipinski definition) is 7. The molecule has 0 saturated carbocycles. The molecule has 2 aromatic heterocycles. The molecule has 1 N–H and O–H groups in total. The molecule has 1 unspecified atom stereocenters. The second-order valence-corrected chi connectivity index (χ2v) is 6.98. The van der Waals surface area contributed by atoms with Crippen LogP contribution in [-0.2, 0) is 0 Å². The van der Waals surface area contributed by atoms with Crippen LogP contribution in [0.1, 0.15) is 13.3 Å². The maximum absolute atomic E-state index is 6.02. The molecule has 7 heteroatoms. The zero-order chi connectivity index (χ0) is 18.9. The molecule has 28 heavy (non-hydrogen) atoms. The average molecular weight is 373 g/mol. The fourth-order valence-electron chi connectivity index (χ4n) is 3.23. The fraction of sp³-hybridized carbons (Fsp3) is 0.238. The van der Waals surface area contributed by atoms with Gasteiger partial charge in [-0.25, -0.2) is 19.9 Å². The maximum atomic E-state index is 6.02. The van der Waals surface area contributed by atoms with Crippen molar-refractivity contribution in [2.75, 3.05) is 18.5 Å². The van der Waals surface area contributed by atoms with Gasteiger partial charge in [0.1, 0.15) is 17.6 Å². The molecule has 1 aliphatic heterocycles. The standard InChI is InChI=1S/C21H19N5O2/c1-13-7-8-27-18-4-2-3-14-10-22-21(26-19(14)18)25-15-5-6-17-16(9-15)20(28-11-13)24-12-23-17/h2-6,9-10,12-13H,7-8,11H2,1H3,(H,22,25,26). The number of nitrogens with zero attached hydrogens (tertiary/aromatic N) is 4. The largest absolute Gasteiger partial charge is 0.491 e. The van der Waals surface area contributed by atoms with Gasteiger partial charge in [0.15, 0.2) is 0 Å². The smallest absolute Gasteiger partial charge is 0.227 e. The van der Waals surface area contributed by atoms with Crippen LogP contribution in [0.15, 0.2) is 48.9 Å². The van der Waals surface area contributed by atoms with Crippen LogP contribution in [0.4, 0.5) is 11.6 Å². The molecule has 0 aliphatic carbocycles. The first-order valence-corrected chi connectivity index (χ1v) is 9.29. The number of fused-ring (bicyclic) bond motifs is 2. The number of nitrogens with one attached hydrogen (secondary N) is 1. The highest BCUT2D eigenvalue weighted by molar-refractivity contribution is 5.88. The van der Waals surface area contributed by atoms with Gasteiger partial charge >= 0.3 is 0 Å². The third-order valence-electron chi connectivity index (χ3n) is 4.80. The van der Waals surface area contributed by atoms with Crippen LogP contribution in [0, 0.1) is 5.92 Å². The lowest BCUT2D eigenvalue weighted by atomic mass is 10.1. The van der Waals surface area contributed by atoms with E-state index in [1.807, 2.05) is 36.4 Å². The van der Waals surface area contributed by atoms with E-state index in [2.05, 4.69) is 32.2 Å². The van der Waals surface area contributed by atoms with Crippen LogP contribution in [0.3, 0.4) is 0 Å². The van der Waals surface area contributed by atoms with E-state index in [0.717, 1.165) is 39.7 Å². The molecule has 4 aromatic rings. The van der Waals surface area contributed by atoms with Gasteiger partial charge in [0, 0.05) is 17.3 Å². The summed E-state index contributed by atoms with van der Waals surface area (Å²) in [6.07, 6.45) is 4.19. The van der Waals surface area contributed by atoms with Gasteiger partial charge in [0.25, 0.3) is 0 Å². The number of para-hydroxylation sites is 1. The van der Waals surface area contributed by atoms with Crippen molar-refractivity contribution in [3.63, 3.8) is 0 Å². The molecule has 7 nitrogen and oxygen atoms in total. The van der Waals surface area contributed by atoms with Gasteiger partial charge in [0.05, 0.1) is 24.1 Å². The molecule has 1 aliphatic rings. The summed E-state index contributed by atoms with van der Waals surface area (Å²) in [5.74, 6) is 2.16. The van der Waals surface area contributed by atoms with E-state index in [9.17, 15) is 0 Å². The normalized spacial score (nSPS) is 16.8. The molecular weight excluding hydrogens is 354 g/mol. The van der Waals surface area contributed by atoms with E-state index in [0.29, 0.717) is 31.0 Å². The number of anilines is 2. The van der Waals surface area contributed by atoms with E-state index < -0.39 is 0 Å². The van der Waals surface area contributed by atoms with E-state index in [1.54, 1.807) is 6.20 Å². The predicted molar refractivity (Wildman–Crippen MR) is 107 cm³/mol. The highest BCUT2D eigenvalue weighted by atomic mass is 16.5. The predicted octanol–water partition coefficient (Wildman–Crippen LogP) is 4.11. The molecule has 1 atom stereocenters. The van der Waals surface area contributed by atoms with Crippen LogP contribution < -0.4 is 14.8 Å². The summed E-state index contributed by atoms with van der Waals surface area (Å²) < 4.78 is 12.0. The Kier molecular flexibility index (Phi) is 4.12. The molecule has 3 heterocycles. The molecule has 0 radical (unpaired) electrons. The molecule has 4 bridgehead atoms. The lowest BCUT2D eigenvalue weighted by Gasteiger charge is -2.14. The van der Waals surface area contributed by atoms with Crippen LogP contribution in [0.25, 0.3) is 21.8 Å². The topological polar surface area (TPSA) is 82.1 Å². The molecule has 5 rings (SSSR count). The summed E-state index contributed by atoms with van der Waals surface area (Å²) >= 11 is 0. The Morgan fingerprint density at radius 3 is 3.00 bits per heavy atom. The fourth-order valence-corrected chi connectivity index (χ4v) is 3.23. The Bertz CT molecular complexity index is 1160. The minimum absolute atomic E-state index is 0.316. The van der Waals surface area contributed by atoms with Crippen molar-refractivity contribution in [3.05, 3.63) is 48.9 Å². The molecule has 0 amide bonds. The minimum atomic E-state index is 0.316. The summed E-state index contributed by atoms with van der Waals surface area (Å²) in [6, 6.07) is 11.7. The van der Waals surface area contributed by atoms with Crippen molar-refractivity contribution in [2.45, 2.75) is 13.3 Å². The zero-order valence-corrected chi connectivity index (χ0v) is 15.4. The second kappa shape index (κ2) is 6.92. The van der Waals surface area contributed by atoms with Gasteiger partial charge < -0.3 is 14.8 Å². The Balaban J connectivity index is 1.64. The quantitative estimate of drug-likeness (QED) is 0.496. The summed E-state index contributed by atoms with van der Waals surface area (Å²) in [7, 11) is 0. The van der Waals surface area contributed by atoms with Crippen molar-refractivity contribution >= 4 is 33.4 Å². The molecule has 2 aromatic carbocycles. The maximum Gasteiger partial charge on any atom is 0.227 e. The van der Waals surface area contributed by atoms with Gasteiger partial charge in [-0.05, 0) is 36.6 Å². The van der Waals surface area contributed by atoms with Crippen molar-refractivity contribution in [1.29, 1.82) is 0 Å². The highest BCUT2D eigenvalue weighted by Gasteiger charge is 2.12. The van der Waals surface area contributed by atoms with Gasteiger partial charge in [0.2, 0.25) is 11.8 Å². The first-order valence-electron chi connectivity index (χ1n) is 9.29. The Morgan fingerprint density at radius 2 is 2.04 bits per heavy atom. The van der Waals surface area contributed by atoms with Crippen molar-refractivity contribution in [3.8, 4) is 11.6 Å². The average Bonchev–Trinajstić information content (AvgIpc) is 2.72. The minimum Gasteiger partial charge on any atom is -0.491 e. The van der Waals surface area contributed by atoms with Gasteiger partial charge in [-0.3, -0.25) is 0 Å². The lowest BCUT2D eigenvalue weighted by Crippen LogP contribution is -2.13. The van der Waals surface area contributed by atoms with E-state index >= 15 is 0 Å². The third-order valence-corrected chi connectivity index (χ3v) is 4.80. The molecule has 0 saturated heterocycles. The summed E-state index contributed by atoms with van der Waals surface area (Å²) in [6.45, 7) is 3.29. The van der Waals surface area contributed by atoms with Crippen molar-refractivity contribution in [2.24, 2.45) is 5.92 Å². The van der Waals surface area contributed by atoms with Crippen molar-refractivity contribution < 1.29 is 9.47 Å². The number of ether oxygens (including phenoxy) is 2. The molecule has 140 valence electrons. The molecule has 0 spiro atoms. The van der Waals surface area contributed by atoms with Gasteiger partial charge in [-0.15, -0.1) is 0 Å². The molecule has 0 fully saturated rings. The Labute approximate surface area is 161 Å². The third kappa shape index (κ3) is 3.15. The van der Waals surface area contributed by atoms with E-state index in [4.69, 9.17) is 9.47 Å².